The standard InChI is InChI=1S/C27H30N6O2/c1-2-6-20(7-3-1)25-29-30-26-21-8-4-5-9-22(21)28-27(33(25)26)32-14-12-31(13-15-32)17-19-10-11-23-24(16-19)35-18-34-23/h4-5,8-11,16,20H,1-3,6-7,12-15,17-18H2. The Morgan fingerprint density at radius 3 is 2.57 bits per heavy atom. The molecule has 2 aliphatic heterocycles. The van der Waals surface area contributed by atoms with Gasteiger partial charge in [-0.05, 0) is 42.7 Å². The van der Waals surface area contributed by atoms with Gasteiger partial charge in [0, 0.05) is 44.0 Å². The molecule has 8 heteroatoms. The smallest absolute Gasteiger partial charge is 0.231 e. The van der Waals surface area contributed by atoms with E-state index < -0.39 is 0 Å². The average molecular weight is 471 g/mol. The summed E-state index contributed by atoms with van der Waals surface area (Å²) >= 11 is 0. The number of rotatable bonds is 4. The fourth-order valence-corrected chi connectivity index (χ4v) is 5.83. The molecule has 8 nitrogen and oxygen atoms in total. The van der Waals surface area contributed by atoms with Crippen LogP contribution in [0.4, 0.5) is 5.95 Å². The van der Waals surface area contributed by atoms with E-state index in [1.807, 2.05) is 6.07 Å². The van der Waals surface area contributed by atoms with Crippen molar-refractivity contribution in [2.75, 3.05) is 37.9 Å². The van der Waals surface area contributed by atoms with E-state index in [1.54, 1.807) is 0 Å². The van der Waals surface area contributed by atoms with E-state index in [4.69, 9.17) is 24.7 Å². The number of piperazine rings is 1. The number of hydrogen-bond donors (Lipinski definition) is 0. The maximum absolute atomic E-state index is 5.56. The second kappa shape index (κ2) is 8.68. The molecule has 0 radical (unpaired) electrons. The third-order valence-corrected chi connectivity index (χ3v) is 7.72. The van der Waals surface area contributed by atoms with Crippen LogP contribution in [0.2, 0.25) is 0 Å². The fraction of sp³-hybridized carbons (Fsp3) is 0.444. The summed E-state index contributed by atoms with van der Waals surface area (Å²) < 4.78 is 13.3. The van der Waals surface area contributed by atoms with Crippen molar-refractivity contribution in [3.63, 3.8) is 0 Å². The molecule has 180 valence electrons. The lowest BCUT2D eigenvalue weighted by Crippen LogP contribution is -2.47. The van der Waals surface area contributed by atoms with Crippen molar-refractivity contribution in [2.24, 2.45) is 0 Å². The second-order valence-corrected chi connectivity index (χ2v) is 9.93. The van der Waals surface area contributed by atoms with Crippen molar-refractivity contribution < 1.29 is 9.47 Å². The number of hydrogen-bond acceptors (Lipinski definition) is 7. The predicted molar refractivity (Wildman–Crippen MR) is 134 cm³/mol. The van der Waals surface area contributed by atoms with Crippen molar-refractivity contribution >= 4 is 22.5 Å². The molecule has 0 unspecified atom stereocenters. The van der Waals surface area contributed by atoms with Crippen LogP contribution in [-0.2, 0) is 6.54 Å². The zero-order chi connectivity index (χ0) is 23.2. The third-order valence-electron chi connectivity index (χ3n) is 7.72. The van der Waals surface area contributed by atoms with E-state index in [1.165, 1.54) is 37.7 Å². The quantitative estimate of drug-likeness (QED) is 0.439. The molecule has 7 rings (SSSR count). The molecule has 2 aromatic heterocycles. The number of ether oxygens (including phenoxy) is 2. The summed E-state index contributed by atoms with van der Waals surface area (Å²) in [6, 6.07) is 14.6. The lowest BCUT2D eigenvalue weighted by atomic mass is 9.89. The van der Waals surface area contributed by atoms with Crippen LogP contribution in [0.1, 0.15) is 49.4 Å². The summed E-state index contributed by atoms with van der Waals surface area (Å²) in [5.41, 5.74) is 3.18. The summed E-state index contributed by atoms with van der Waals surface area (Å²) in [7, 11) is 0. The van der Waals surface area contributed by atoms with Crippen LogP contribution >= 0.6 is 0 Å². The highest BCUT2D eigenvalue weighted by Crippen LogP contribution is 2.35. The maximum atomic E-state index is 5.56. The molecular weight excluding hydrogens is 440 g/mol. The van der Waals surface area contributed by atoms with Gasteiger partial charge in [0.05, 0.1) is 5.52 Å². The highest BCUT2D eigenvalue weighted by molar-refractivity contribution is 5.92. The van der Waals surface area contributed by atoms with Crippen LogP contribution in [-0.4, -0.2) is 57.5 Å². The van der Waals surface area contributed by atoms with E-state index in [-0.39, 0.29) is 0 Å². The molecule has 1 saturated carbocycles. The molecule has 2 fully saturated rings. The molecule has 2 aromatic carbocycles. The van der Waals surface area contributed by atoms with Crippen molar-refractivity contribution in [1.29, 1.82) is 0 Å². The Bertz CT molecular complexity index is 1370. The number of aromatic nitrogens is 4. The van der Waals surface area contributed by atoms with Crippen molar-refractivity contribution in [2.45, 2.75) is 44.6 Å². The monoisotopic (exact) mass is 470 g/mol. The van der Waals surface area contributed by atoms with Crippen LogP contribution in [0.5, 0.6) is 11.5 Å². The topological polar surface area (TPSA) is 68.0 Å². The lowest BCUT2D eigenvalue weighted by molar-refractivity contribution is 0.174. The molecule has 1 saturated heterocycles. The van der Waals surface area contributed by atoms with E-state index in [2.05, 4.69) is 50.6 Å². The zero-order valence-corrected chi connectivity index (χ0v) is 19.9. The van der Waals surface area contributed by atoms with Crippen LogP contribution in [0.15, 0.2) is 42.5 Å². The van der Waals surface area contributed by atoms with Gasteiger partial charge in [-0.2, -0.15) is 0 Å². The second-order valence-electron chi connectivity index (χ2n) is 9.93. The van der Waals surface area contributed by atoms with Gasteiger partial charge in [-0.25, -0.2) is 9.38 Å². The van der Waals surface area contributed by atoms with Gasteiger partial charge in [0.15, 0.2) is 17.1 Å². The number of nitrogens with zero attached hydrogens (tertiary/aromatic N) is 6. The lowest BCUT2D eigenvalue weighted by Gasteiger charge is -2.36. The predicted octanol–water partition coefficient (Wildman–Crippen LogP) is 4.38. The summed E-state index contributed by atoms with van der Waals surface area (Å²) in [6.07, 6.45) is 6.25. The molecule has 35 heavy (non-hydrogen) atoms. The largest absolute Gasteiger partial charge is 0.454 e. The first-order valence-corrected chi connectivity index (χ1v) is 12.8. The number of anilines is 1. The summed E-state index contributed by atoms with van der Waals surface area (Å²) in [6.45, 7) is 5.03. The Hall–Kier alpha value is -3.39. The van der Waals surface area contributed by atoms with Gasteiger partial charge >= 0.3 is 0 Å². The SMILES string of the molecule is c1ccc2c(c1)nc(N1CCN(Cc3ccc4c(c3)OCO4)CC1)n1c(C3CCCCC3)nnc21. The number of para-hydroxylation sites is 1. The first-order chi connectivity index (χ1) is 17.3. The third kappa shape index (κ3) is 3.76. The molecule has 1 aliphatic carbocycles. The normalized spacial score (nSPS) is 19.1. The molecular formula is C27H30N6O2. The van der Waals surface area contributed by atoms with E-state index in [0.717, 1.165) is 72.5 Å². The van der Waals surface area contributed by atoms with Crippen LogP contribution in [0, 0.1) is 0 Å². The summed E-state index contributed by atoms with van der Waals surface area (Å²) in [4.78, 5) is 10.1. The van der Waals surface area contributed by atoms with Crippen LogP contribution < -0.4 is 14.4 Å². The molecule has 0 spiro atoms. The summed E-state index contributed by atoms with van der Waals surface area (Å²) in [5.74, 6) is 4.25. The van der Waals surface area contributed by atoms with Crippen molar-refractivity contribution in [3.05, 3.63) is 53.9 Å². The Morgan fingerprint density at radius 1 is 0.857 bits per heavy atom. The fourth-order valence-electron chi connectivity index (χ4n) is 5.83. The van der Waals surface area contributed by atoms with Gasteiger partial charge in [0.25, 0.3) is 0 Å². The van der Waals surface area contributed by atoms with Gasteiger partial charge in [-0.1, -0.05) is 37.5 Å². The highest BCUT2D eigenvalue weighted by Gasteiger charge is 2.27. The van der Waals surface area contributed by atoms with E-state index in [0.29, 0.717) is 12.7 Å². The molecule has 4 heterocycles. The minimum absolute atomic E-state index is 0.316. The highest BCUT2D eigenvalue weighted by atomic mass is 16.7. The van der Waals surface area contributed by atoms with E-state index in [9.17, 15) is 0 Å². The first kappa shape index (κ1) is 20.9. The molecule has 0 amide bonds. The number of benzene rings is 2. The minimum Gasteiger partial charge on any atom is -0.454 e. The average Bonchev–Trinajstić information content (AvgIpc) is 3.57. The van der Waals surface area contributed by atoms with E-state index >= 15 is 0 Å². The Kier molecular flexibility index (Phi) is 5.19. The van der Waals surface area contributed by atoms with Gasteiger partial charge in [0.2, 0.25) is 12.7 Å². The summed E-state index contributed by atoms with van der Waals surface area (Å²) in [5, 5.41) is 10.5. The maximum Gasteiger partial charge on any atom is 0.231 e. The van der Waals surface area contributed by atoms with Crippen LogP contribution in [0.25, 0.3) is 16.6 Å². The molecule has 4 aromatic rings. The number of fused-ring (bicyclic) bond motifs is 4. The molecule has 0 bridgehead atoms. The van der Waals surface area contributed by atoms with Gasteiger partial charge in [-0.15, -0.1) is 10.2 Å². The molecule has 3 aliphatic rings. The molecule has 0 atom stereocenters. The molecule has 0 N–H and O–H groups in total. The zero-order valence-electron chi connectivity index (χ0n) is 19.9. The Morgan fingerprint density at radius 2 is 1.69 bits per heavy atom. The first-order valence-electron chi connectivity index (χ1n) is 12.8. The van der Waals surface area contributed by atoms with Crippen molar-refractivity contribution in [3.8, 4) is 11.5 Å². The Balaban J connectivity index is 1.17. The van der Waals surface area contributed by atoms with Crippen molar-refractivity contribution in [1.82, 2.24) is 24.5 Å². The Labute approximate surface area is 204 Å². The van der Waals surface area contributed by atoms with Gasteiger partial charge < -0.3 is 14.4 Å². The minimum atomic E-state index is 0.316. The van der Waals surface area contributed by atoms with Crippen LogP contribution in [0.3, 0.4) is 0 Å². The van der Waals surface area contributed by atoms with Gasteiger partial charge in [-0.3, -0.25) is 4.90 Å². The van der Waals surface area contributed by atoms with Gasteiger partial charge in [0.1, 0.15) is 5.82 Å².